The molecule has 0 fully saturated rings. The molecule has 0 unspecified atom stereocenters. The molecule has 0 aliphatic rings. The van der Waals surface area contributed by atoms with Gasteiger partial charge in [-0.05, 0) is 48.5 Å². The van der Waals surface area contributed by atoms with Crippen LogP contribution < -0.4 is 10.0 Å². The molecular formula is C22H18N4O3S2. The Bertz CT molecular complexity index is 1320. The molecule has 31 heavy (non-hydrogen) atoms. The Morgan fingerprint density at radius 1 is 0.935 bits per heavy atom. The Hall–Kier alpha value is -3.56. The molecule has 0 radical (unpaired) electrons. The number of nitrogens with one attached hydrogen (secondary N) is 2. The van der Waals surface area contributed by atoms with E-state index in [9.17, 15) is 13.2 Å². The third-order valence-electron chi connectivity index (χ3n) is 4.28. The highest BCUT2D eigenvalue weighted by molar-refractivity contribution is 7.92. The number of anilines is 2. The lowest BCUT2D eigenvalue weighted by molar-refractivity contribution is -0.114. The normalized spacial score (nSPS) is 11.1. The van der Waals surface area contributed by atoms with Crippen molar-refractivity contribution in [3.8, 4) is 22.0 Å². The third-order valence-corrected chi connectivity index (χ3v) is 6.55. The number of thiazole rings is 1. The summed E-state index contributed by atoms with van der Waals surface area (Å²) in [5, 5.41) is 5.32. The number of sulfonamides is 1. The lowest BCUT2D eigenvalue weighted by Crippen LogP contribution is -2.13. The fourth-order valence-electron chi connectivity index (χ4n) is 2.89. The number of carbonyl (C=O) groups excluding carboxylic acids is 1. The van der Waals surface area contributed by atoms with E-state index in [2.05, 4.69) is 20.0 Å². The average molecular weight is 451 g/mol. The Kier molecular flexibility index (Phi) is 5.79. The molecule has 0 atom stereocenters. The zero-order valence-electron chi connectivity index (χ0n) is 16.4. The number of hydrogen-bond donors (Lipinski definition) is 2. The van der Waals surface area contributed by atoms with Gasteiger partial charge in [0.1, 0.15) is 5.01 Å². The number of benzene rings is 2. The zero-order valence-corrected chi connectivity index (χ0v) is 18.1. The highest BCUT2D eigenvalue weighted by Gasteiger charge is 2.15. The number of nitrogens with zero attached hydrogens (tertiary/aromatic N) is 2. The van der Waals surface area contributed by atoms with E-state index in [1.165, 1.54) is 30.4 Å². The molecule has 0 saturated heterocycles. The van der Waals surface area contributed by atoms with Gasteiger partial charge in [0.15, 0.2) is 0 Å². The highest BCUT2D eigenvalue weighted by Crippen LogP contribution is 2.29. The second kappa shape index (κ2) is 8.66. The van der Waals surface area contributed by atoms with Crippen LogP contribution in [0, 0.1) is 0 Å². The third kappa shape index (κ3) is 4.96. The molecule has 0 spiro atoms. The predicted molar refractivity (Wildman–Crippen MR) is 122 cm³/mol. The number of pyridine rings is 1. The predicted octanol–water partition coefficient (Wildman–Crippen LogP) is 4.63. The molecule has 0 bridgehead atoms. The van der Waals surface area contributed by atoms with Crippen LogP contribution in [-0.2, 0) is 14.8 Å². The summed E-state index contributed by atoms with van der Waals surface area (Å²) >= 11 is 1.48. The molecule has 0 aliphatic carbocycles. The van der Waals surface area contributed by atoms with E-state index in [0.717, 1.165) is 22.0 Å². The van der Waals surface area contributed by atoms with Crippen molar-refractivity contribution in [2.24, 2.45) is 0 Å². The first-order chi connectivity index (χ1) is 14.9. The molecule has 1 amide bonds. The van der Waals surface area contributed by atoms with Gasteiger partial charge in [-0.25, -0.2) is 13.4 Å². The molecule has 4 rings (SSSR count). The topological polar surface area (TPSA) is 101 Å². The fourth-order valence-corrected chi connectivity index (χ4v) is 4.74. The Morgan fingerprint density at radius 2 is 1.74 bits per heavy atom. The van der Waals surface area contributed by atoms with Gasteiger partial charge in [0, 0.05) is 35.4 Å². The van der Waals surface area contributed by atoms with E-state index in [1.807, 2.05) is 29.6 Å². The van der Waals surface area contributed by atoms with Gasteiger partial charge in [-0.3, -0.25) is 14.5 Å². The maximum Gasteiger partial charge on any atom is 0.261 e. The maximum atomic E-state index is 12.8. The van der Waals surface area contributed by atoms with Crippen molar-refractivity contribution >= 4 is 38.6 Å². The van der Waals surface area contributed by atoms with Crippen molar-refractivity contribution in [1.82, 2.24) is 9.97 Å². The summed E-state index contributed by atoms with van der Waals surface area (Å²) in [6.45, 7) is 1.39. The van der Waals surface area contributed by atoms with Crippen LogP contribution in [-0.4, -0.2) is 24.3 Å². The van der Waals surface area contributed by atoms with Gasteiger partial charge < -0.3 is 5.32 Å². The van der Waals surface area contributed by atoms with Crippen molar-refractivity contribution in [2.75, 3.05) is 10.0 Å². The van der Waals surface area contributed by atoms with Crippen LogP contribution in [0.2, 0.25) is 0 Å². The number of amides is 1. The van der Waals surface area contributed by atoms with E-state index in [4.69, 9.17) is 0 Å². The molecule has 0 saturated carbocycles. The highest BCUT2D eigenvalue weighted by atomic mass is 32.2. The summed E-state index contributed by atoms with van der Waals surface area (Å²) in [4.78, 5) is 20.1. The first-order valence-electron chi connectivity index (χ1n) is 9.28. The second-order valence-corrected chi connectivity index (χ2v) is 9.19. The van der Waals surface area contributed by atoms with Gasteiger partial charge in [0.25, 0.3) is 10.0 Å². The van der Waals surface area contributed by atoms with Crippen molar-refractivity contribution in [3.05, 3.63) is 78.3 Å². The van der Waals surface area contributed by atoms with Gasteiger partial charge in [-0.15, -0.1) is 11.3 Å². The van der Waals surface area contributed by atoms with E-state index in [1.54, 1.807) is 36.5 Å². The van der Waals surface area contributed by atoms with Crippen molar-refractivity contribution in [1.29, 1.82) is 0 Å². The average Bonchev–Trinajstić information content (AvgIpc) is 3.25. The molecule has 2 aromatic carbocycles. The number of carbonyl (C=O) groups is 1. The molecular weight excluding hydrogens is 432 g/mol. The second-order valence-electron chi connectivity index (χ2n) is 6.64. The minimum Gasteiger partial charge on any atom is -0.326 e. The molecule has 9 heteroatoms. The minimum atomic E-state index is -3.79. The van der Waals surface area contributed by atoms with Crippen molar-refractivity contribution in [2.45, 2.75) is 11.8 Å². The largest absolute Gasteiger partial charge is 0.326 e. The first kappa shape index (κ1) is 20.7. The van der Waals surface area contributed by atoms with Crippen LogP contribution >= 0.6 is 11.3 Å². The Morgan fingerprint density at radius 3 is 2.45 bits per heavy atom. The summed E-state index contributed by atoms with van der Waals surface area (Å²) in [5.41, 5.74) is 3.28. The summed E-state index contributed by atoms with van der Waals surface area (Å²) in [6.07, 6.45) is 1.72. The SMILES string of the molecule is CC(=O)Nc1ccc(S(=O)(=O)Nc2cccc(-c3csc(-c4ccccn4)n3)c2)cc1. The van der Waals surface area contributed by atoms with E-state index in [0.29, 0.717) is 11.4 Å². The van der Waals surface area contributed by atoms with Gasteiger partial charge in [0.05, 0.1) is 16.3 Å². The van der Waals surface area contributed by atoms with Gasteiger partial charge in [-0.2, -0.15) is 0 Å². The van der Waals surface area contributed by atoms with Crippen LogP contribution in [0.5, 0.6) is 0 Å². The Labute approximate surface area is 183 Å². The van der Waals surface area contributed by atoms with Gasteiger partial charge in [0.2, 0.25) is 5.91 Å². The molecule has 2 heterocycles. The summed E-state index contributed by atoms with van der Waals surface area (Å²) in [5.74, 6) is -0.223. The molecule has 2 N–H and O–H groups in total. The van der Waals surface area contributed by atoms with E-state index in [-0.39, 0.29) is 10.8 Å². The molecule has 7 nitrogen and oxygen atoms in total. The Balaban J connectivity index is 1.55. The number of rotatable bonds is 6. The fraction of sp³-hybridized carbons (Fsp3) is 0.0455. The van der Waals surface area contributed by atoms with Gasteiger partial charge in [-0.1, -0.05) is 18.2 Å². The molecule has 0 aliphatic heterocycles. The monoisotopic (exact) mass is 450 g/mol. The van der Waals surface area contributed by atoms with Gasteiger partial charge >= 0.3 is 0 Å². The summed E-state index contributed by atoms with van der Waals surface area (Å²) < 4.78 is 28.1. The maximum absolute atomic E-state index is 12.8. The van der Waals surface area contributed by atoms with Crippen LogP contribution in [0.3, 0.4) is 0 Å². The first-order valence-corrected chi connectivity index (χ1v) is 11.6. The quantitative estimate of drug-likeness (QED) is 0.446. The molecule has 4 aromatic rings. The smallest absolute Gasteiger partial charge is 0.261 e. The van der Waals surface area contributed by atoms with E-state index < -0.39 is 10.0 Å². The summed E-state index contributed by atoms with van der Waals surface area (Å²) in [7, 11) is -3.79. The lowest BCUT2D eigenvalue weighted by atomic mass is 10.1. The standard InChI is InChI=1S/C22H18N4O3S2/c1-15(27)24-17-8-10-19(11-9-17)31(28,29)26-18-6-4-5-16(13-18)21-14-30-22(25-21)20-7-2-3-12-23-20/h2-14,26H,1H3,(H,24,27). The lowest BCUT2D eigenvalue weighted by Gasteiger charge is -2.10. The van der Waals surface area contributed by atoms with Crippen molar-refractivity contribution < 1.29 is 13.2 Å². The number of aromatic nitrogens is 2. The number of hydrogen-bond acceptors (Lipinski definition) is 6. The van der Waals surface area contributed by atoms with Crippen LogP contribution in [0.1, 0.15) is 6.92 Å². The van der Waals surface area contributed by atoms with Crippen LogP contribution in [0.4, 0.5) is 11.4 Å². The van der Waals surface area contributed by atoms with Crippen molar-refractivity contribution in [3.63, 3.8) is 0 Å². The van der Waals surface area contributed by atoms with Crippen LogP contribution in [0.25, 0.3) is 22.0 Å². The molecule has 156 valence electrons. The van der Waals surface area contributed by atoms with Crippen LogP contribution in [0.15, 0.2) is 83.2 Å². The zero-order chi connectivity index (χ0) is 21.8. The molecule has 2 aromatic heterocycles. The van der Waals surface area contributed by atoms with E-state index >= 15 is 0 Å². The summed E-state index contributed by atoms with van der Waals surface area (Å²) in [6, 6.07) is 18.7. The minimum absolute atomic E-state index is 0.0955.